The zero-order valence-electron chi connectivity index (χ0n) is 8.15. The van der Waals surface area contributed by atoms with Gasteiger partial charge in [0.25, 0.3) is 0 Å². The Morgan fingerprint density at radius 3 is 2.50 bits per heavy atom. The van der Waals surface area contributed by atoms with Gasteiger partial charge in [0.2, 0.25) is 0 Å². The van der Waals surface area contributed by atoms with Crippen molar-refractivity contribution in [3.05, 3.63) is 28.2 Å². The maximum absolute atomic E-state index is 12.2. The van der Waals surface area contributed by atoms with Gasteiger partial charge in [-0.2, -0.15) is 0 Å². The van der Waals surface area contributed by atoms with Gasteiger partial charge in [-0.05, 0) is 40.4 Å². The summed E-state index contributed by atoms with van der Waals surface area (Å²) in [6, 6.07) is 4.85. The molecule has 1 aromatic carbocycles. The predicted molar refractivity (Wildman–Crippen MR) is 62.9 cm³/mol. The van der Waals surface area contributed by atoms with Crippen LogP contribution in [0.15, 0.2) is 22.7 Å². The van der Waals surface area contributed by atoms with Crippen molar-refractivity contribution >= 4 is 31.9 Å². The third-order valence-electron chi connectivity index (χ3n) is 1.85. The van der Waals surface area contributed by atoms with E-state index < -0.39 is 6.36 Å². The number of alkyl halides is 4. The van der Waals surface area contributed by atoms with Crippen molar-refractivity contribution in [3.63, 3.8) is 0 Å². The molecule has 0 heterocycles. The van der Waals surface area contributed by atoms with Gasteiger partial charge in [-0.1, -0.05) is 28.1 Å². The fraction of sp³-hybridized carbons (Fsp3) is 0.400. The summed E-state index contributed by atoms with van der Waals surface area (Å²) in [5.41, 5.74) is 0.547. The predicted octanol–water partition coefficient (Wildman–Crippen LogP) is 4.68. The summed E-state index contributed by atoms with van der Waals surface area (Å²) >= 11 is 6.29. The SMILES string of the molecule is FC(F)(F)Oc1c(Br)cccc1CCCBr. The van der Waals surface area contributed by atoms with Crippen molar-refractivity contribution in [2.75, 3.05) is 5.33 Å². The molecule has 0 aromatic heterocycles. The largest absolute Gasteiger partial charge is 0.573 e. The quantitative estimate of drug-likeness (QED) is 0.708. The van der Waals surface area contributed by atoms with Gasteiger partial charge in [-0.3, -0.25) is 0 Å². The minimum atomic E-state index is -4.66. The minimum Gasteiger partial charge on any atom is -0.404 e. The van der Waals surface area contributed by atoms with Crippen LogP contribution in [0.3, 0.4) is 0 Å². The van der Waals surface area contributed by atoms with Crippen LogP contribution in [-0.2, 0) is 6.42 Å². The van der Waals surface area contributed by atoms with E-state index >= 15 is 0 Å². The molecule has 0 aliphatic carbocycles. The second-order valence-electron chi connectivity index (χ2n) is 3.07. The molecule has 0 aliphatic heterocycles. The molecule has 0 aliphatic rings. The Bertz CT molecular complexity index is 352. The molecule has 16 heavy (non-hydrogen) atoms. The smallest absolute Gasteiger partial charge is 0.404 e. The van der Waals surface area contributed by atoms with Crippen LogP contribution in [0.1, 0.15) is 12.0 Å². The number of rotatable bonds is 4. The van der Waals surface area contributed by atoms with Gasteiger partial charge in [-0.15, -0.1) is 13.2 Å². The van der Waals surface area contributed by atoms with Crippen LogP contribution in [0.5, 0.6) is 5.75 Å². The number of ether oxygens (including phenoxy) is 1. The molecule has 0 radical (unpaired) electrons. The maximum atomic E-state index is 12.2. The van der Waals surface area contributed by atoms with E-state index in [9.17, 15) is 13.2 Å². The molecule has 0 unspecified atom stereocenters. The summed E-state index contributed by atoms with van der Waals surface area (Å²) < 4.78 is 40.8. The molecule has 0 saturated heterocycles. The highest BCUT2D eigenvalue weighted by molar-refractivity contribution is 9.10. The number of para-hydroxylation sites is 1. The zero-order valence-corrected chi connectivity index (χ0v) is 11.3. The van der Waals surface area contributed by atoms with Crippen molar-refractivity contribution in [2.45, 2.75) is 19.2 Å². The minimum absolute atomic E-state index is 0.143. The Balaban J connectivity index is 2.94. The maximum Gasteiger partial charge on any atom is 0.573 e. The lowest BCUT2D eigenvalue weighted by atomic mass is 10.1. The number of aryl methyl sites for hydroxylation is 1. The first kappa shape index (κ1) is 13.8. The molecule has 90 valence electrons. The van der Waals surface area contributed by atoms with Crippen LogP contribution in [0.2, 0.25) is 0 Å². The van der Waals surface area contributed by atoms with Gasteiger partial charge in [0, 0.05) is 5.33 Å². The van der Waals surface area contributed by atoms with E-state index in [2.05, 4.69) is 36.6 Å². The van der Waals surface area contributed by atoms with Crippen molar-refractivity contribution in [1.82, 2.24) is 0 Å². The average molecular weight is 362 g/mol. The first-order valence-corrected chi connectivity index (χ1v) is 6.44. The van der Waals surface area contributed by atoms with Crippen LogP contribution in [0, 0.1) is 0 Å². The summed E-state index contributed by atoms with van der Waals surface area (Å²) in [5.74, 6) is -0.143. The third kappa shape index (κ3) is 4.33. The first-order chi connectivity index (χ1) is 7.44. The second kappa shape index (κ2) is 5.91. The van der Waals surface area contributed by atoms with E-state index in [1.165, 1.54) is 6.07 Å². The Hall–Kier alpha value is -0.230. The first-order valence-electron chi connectivity index (χ1n) is 4.53. The Morgan fingerprint density at radius 1 is 1.25 bits per heavy atom. The van der Waals surface area contributed by atoms with E-state index in [1.54, 1.807) is 12.1 Å². The van der Waals surface area contributed by atoms with Crippen LogP contribution < -0.4 is 4.74 Å². The molecule has 0 bridgehead atoms. The number of halogens is 5. The molecule has 0 saturated carbocycles. The molecule has 6 heteroatoms. The van der Waals surface area contributed by atoms with Crippen molar-refractivity contribution < 1.29 is 17.9 Å². The Morgan fingerprint density at radius 2 is 1.94 bits per heavy atom. The zero-order chi connectivity index (χ0) is 12.2. The number of hydrogen-bond acceptors (Lipinski definition) is 1. The van der Waals surface area contributed by atoms with Gasteiger partial charge in [0.05, 0.1) is 4.47 Å². The average Bonchev–Trinajstić information content (AvgIpc) is 2.17. The van der Waals surface area contributed by atoms with E-state index in [-0.39, 0.29) is 5.75 Å². The number of benzene rings is 1. The second-order valence-corrected chi connectivity index (χ2v) is 4.72. The van der Waals surface area contributed by atoms with E-state index in [0.717, 1.165) is 11.8 Å². The summed E-state index contributed by atoms with van der Waals surface area (Å²) in [6.07, 6.45) is -3.37. The summed E-state index contributed by atoms with van der Waals surface area (Å²) in [5, 5.41) is 0.741. The molecule has 0 atom stereocenters. The molecule has 0 spiro atoms. The fourth-order valence-electron chi connectivity index (χ4n) is 1.24. The van der Waals surface area contributed by atoms with E-state index in [0.29, 0.717) is 16.5 Å². The number of hydrogen-bond donors (Lipinski definition) is 0. The molecule has 0 N–H and O–H groups in total. The lowest BCUT2D eigenvalue weighted by Gasteiger charge is -2.14. The molecule has 1 nitrogen and oxygen atoms in total. The topological polar surface area (TPSA) is 9.23 Å². The van der Waals surface area contributed by atoms with Gasteiger partial charge in [0.15, 0.2) is 0 Å². The fourth-order valence-corrected chi connectivity index (χ4v) is 2.01. The molecule has 1 aromatic rings. The lowest BCUT2D eigenvalue weighted by molar-refractivity contribution is -0.275. The summed E-state index contributed by atoms with van der Waals surface area (Å²) in [4.78, 5) is 0. The van der Waals surface area contributed by atoms with E-state index in [4.69, 9.17) is 0 Å². The van der Waals surface area contributed by atoms with Crippen LogP contribution in [0.4, 0.5) is 13.2 Å². The monoisotopic (exact) mass is 360 g/mol. The van der Waals surface area contributed by atoms with Crippen LogP contribution >= 0.6 is 31.9 Å². The summed E-state index contributed by atoms with van der Waals surface area (Å²) in [7, 11) is 0. The van der Waals surface area contributed by atoms with Gasteiger partial charge in [-0.25, -0.2) is 0 Å². The highest BCUT2D eigenvalue weighted by atomic mass is 79.9. The van der Waals surface area contributed by atoms with Crippen molar-refractivity contribution in [2.24, 2.45) is 0 Å². The highest BCUT2D eigenvalue weighted by Crippen LogP contribution is 2.34. The van der Waals surface area contributed by atoms with Crippen LogP contribution in [-0.4, -0.2) is 11.7 Å². The third-order valence-corrected chi connectivity index (χ3v) is 3.03. The van der Waals surface area contributed by atoms with Gasteiger partial charge < -0.3 is 4.74 Å². The van der Waals surface area contributed by atoms with Crippen molar-refractivity contribution in [3.8, 4) is 5.75 Å². The van der Waals surface area contributed by atoms with Crippen LogP contribution in [0.25, 0.3) is 0 Å². The standard InChI is InChI=1S/C10H9Br2F3O/c11-6-2-4-7-3-1-5-8(12)9(7)16-10(13,14)15/h1,3,5H,2,4,6H2. The highest BCUT2D eigenvalue weighted by Gasteiger charge is 2.32. The Labute approximate surface area is 108 Å². The summed E-state index contributed by atoms with van der Waals surface area (Å²) in [6.45, 7) is 0. The van der Waals surface area contributed by atoms with Gasteiger partial charge >= 0.3 is 6.36 Å². The molecule has 1 rings (SSSR count). The molecular weight excluding hydrogens is 353 g/mol. The van der Waals surface area contributed by atoms with Gasteiger partial charge in [0.1, 0.15) is 5.75 Å². The van der Waals surface area contributed by atoms with Crippen molar-refractivity contribution in [1.29, 1.82) is 0 Å². The lowest BCUT2D eigenvalue weighted by Crippen LogP contribution is -2.18. The molecular formula is C10H9Br2F3O. The van der Waals surface area contributed by atoms with E-state index in [1.807, 2.05) is 0 Å². The Kier molecular flexibility index (Phi) is 5.11. The molecule has 0 fully saturated rings. The normalized spacial score (nSPS) is 11.6. The molecule has 0 amide bonds.